The number of phosphoric acid groups is 2. The number of hydrogen-bond donors (Lipinski definition) is 6. The van der Waals surface area contributed by atoms with Crippen molar-refractivity contribution in [1.82, 2.24) is 9.55 Å². The van der Waals surface area contributed by atoms with Crippen LogP contribution in [0.2, 0.25) is 0 Å². The molecule has 6 N–H and O–H groups in total. The van der Waals surface area contributed by atoms with Crippen LogP contribution in [0.3, 0.4) is 0 Å². The summed E-state index contributed by atoms with van der Waals surface area (Å²) in [6.45, 7) is -0.960. The zero-order valence-electron chi connectivity index (χ0n) is 15.4. The second-order valence-corrected chi connectivity index (χ2v) is 9.30. The first kappa shape index (κ1) is 23.7. The van der Waals surface area contributed by atoms with Crippen LogP contribution >= 0.6 is 15.6 Å². The molecule has 1 unspecified atom stereocenters. The van der Waals surface area contributed by atoms with Gasteiger partial charge in [-0.1, -0.05) is 30.3 Å². The monoisotopic (exact) mass is 480 g/mol. The Morgan fingerprint density at radius 3 is 2.32 bits per heavy atom. The van der Waals surface area contributed by atoms with Crippen molar-refractivity contribution < 1.29 is 47.6 Å². The average molecular weight is 480 g/mol. The fraction of sp³-hybridized carbons (Fsp3) is 0.333. The Morgan fingerprint density at radius 1 is 1.10 bits per heavy atom. The normalized spacial score (nSPS) is 28.4. The van der Waals surface area contributed by atoms with Crippen molar-refractivity contribution in [2.24, 2.45) is 0 Å². The van der Waals surface area contributed by atoms with E-state index in [2.05, 4.69) is 8.83 Å². The maximum absolute atomic E-state index is 12.5. The first-order valence-electron chi connectivity index (χ1n) is 8.52. The summed E-state index contributed by atoms with van der Waals surface area (Å²) in [4.78, 5) is 52.7. The summed E-state index contributed by atoms with van der Waals surface area (Å²) >= 11 is 0. The minimum absolute atomic E-state index is 0.178. The van der Waals surface area contributed by atoms with Crippen LogP contribution in [0, 0.1) is 0 Å². The smallest absolute Gasteiger partial charge is 0.387 e. The lowest BCUT2D eigenvalue weighted by molar-refractivity contribution is -0.119. The number of aliphatic hydroxyl groups is 2. The van der Waals surface area contributed by atoms with Gasteiger partial charge in [-0.3, -0.25) is 18.9 Å². The van der Waals surface area contributed by atoms with Crippen LogP contribution in [-0.4, -0.2) is 59.4 Å². The van der Waals surface area contributed by atoms with Crippen LogP contribution in [0.25, 0.3) is 0 Å². The molecule has 170 valence electrons. The van der Waals surface area contributed by atoms with E-state index in [0.717, 1.165) is 16.8 Å². The summed E-state index contributed by atoms with van der Waals surface area (Å²) in [5.74, 6) is 0. The van der Waals surface area contributed by atoms with E-state index in [1.807, 2.05) is 4.98 Å². The number of phosphoric ester groups is 1. The molecule has 1 saturated heterocycles. The van der Waals surface area contributed by atoms with Gasteiger partial charge in [0.1, 0.15) is 18.3 Å². The maximum atomic E-state index is 12.5. The maximum Gasteiger partial charge on any atom is 0.481 e. The summed E-state index contributed by atoms with van der Waals surface area (Å²) in [5.41, 5.74) is -3.62. The summed E-state index contributed by atoms with van der Waals surface area (Å²) in [6, 6.07) is 8.64. The Bertz CT molecular complexity index is 1140. The fourth-order valence-corrected chi connectivity index (χ4v) is 4.80. The van der Waals surface area contributed by atoms with E-state index in [1.54, 1.807) is 18.2 Å². The van der Waals surface area contributed by atoms with Gasteiger partial charge >= 0.3 is 21.3 Å². The molecule has 3 rings (SSSR count). The number of H-pyrrole nitrogens is 1. The van der Waals surface area contributed by atoms with Gasteiger partial charge in [0.25, 0.3) is 5.56 Å². The predicted octanol–water partition coefficient (Wildman–Crippen LogP) is -1.42. The number of aromatic amines is 1. The minimum atomic E-state index is -5.38. The van der Waals surface area contributed by atoms with Gasteiger partial charge in [-0.05, 0) is 0 Å². The molecule has 1 aliphatic rings. The Morgan fingerprint density at radius 2 is 1.74 bits per heavy atom. The highest BCUT2D eigenvalue weighted by atomic mass is 31.3. The van der Waals surface area contributed by atoms with Crippen LogP contribution in [-0.2, 0) is 28.4 Å². The van der Waals surface area contributed by atoms with Crippen molar-refractivity contribution in [2.45, 2.75) is 24.0 Å². The first-order chi connectivity index (χ1) is 14.4. The molecule has 16 heteroatoms. The van der Waals surface area contributed by atoms with Gasteiger partial charge in [-0.2, -0.15) is 4.31 Å². The number of aromatic nitrogens is 2. The van der Waals surface area contributed by atoms with Gasteiger partial charge in [0.05, 0.1) is 6.61 Å². The molecule has 14 nitrogen and oxygen atoms in total. The molecule has 1 aromatic heterocycles. The number of hydrogen-bond acceptors (Lipinski definition) is 9. The number of aliphatic hydroxyl groups excluding tert-OH is 2. The van der Waals surface area contributed by atoms with Gasteiger partial charge in [0, 0.05) is 17.8 Å². The molecule has 5 atom stereocenters. The molecule has 31 heavy (non-hydrogen) atoms. The zero-order valence-corrected chi connectivity index (χ0v) is 17.2. The van der Waals surface area contributed by atoms with E-state index in [0.29, 0.717) is 0 Å². The number of nitrogens with zero attached hydrogens (tertiary/aromatic N) is 1. The van der Waals surface area contributed by atoms with Crippen LogP contribution in [0.5, 0.6) is 0 Å². The van der Waals surface area contributed by atoms with Crippen molar-refractivity contribution in [3.63, 3.8) is 0 Å². The molecule has 1 fully saturated rings. The van der Waals surface area contributed by atoms with Crippen molar-refractivity contribution in [3.8, 4) is 0 Å². The second-order valence-electron chi connectivity index (χ2n) is 6.47. The fourth-order valence-electron chi connectivity index (χ4n) is 3.20. The molecular weight excluding hydrogens is 462 g/mol. The first-order valence-corrected chi connectivity index (χ1v) is 11.5. The van der Waals surface area contributed by atoms with E-state index in [4.69, 9.17) is 14.5 Å². The van der Waals surface area contributed by atoms with Crippen molar-refractivity contribution in [1.29, 1.82) is 0 Å². The van der Waals surface area contributed by atoms with Crippen molar-refractivity contribution in [2.75, 3.05) is 6.61 Å². The molecular formula is C15H18N2O12P2. The molecule has 0 radical (unpaired) electrons. The lowest BCUT2D eigenvalue weighted by Gasteiger charge is -2.34. The summed E-state index contributed by atoms with van der Waals surface area (Å²) < 4.78 is 37.1. The molecule has 0 aliphatic carbocycles. The molecule has 2 heterocycles. The van der Waals surface area contributed by atoms with Crippen molar-refractivity contribution in [3.05, 3.63) is 69.0 Å². The lowest BCUT2D eigenvalue weighted by Crippen LogP contribution is -2.52. The molecule has 0 spiro atoms. The SMILES string of the molecule is O=c1ccn([C@]2(c3ccccc3)O[C@H](COP(=O)(O)OP(=O)(O)O)[C@@H](O)[C@H]2O)c(=O)[nH]1. The minimum Gasteiger partial charge on any atom is -0.387 e. The Balaban J connectivity index is 2.00. The molecule has 2 aromatic rings. The molecule has 0 bridgehead atoms. The van der Waals surface area contributed by atoms with E-state index in [-0.39, 0.29) is 5.56 Å². The van der Waals surface area contributed by atoms with E-state index in [9.17, 15) is 33.8 Å². The third kappa shape index (κ3) is 4.94. The number of rotatable bonds is 7. The quantitative estimate of drug-likeness (QED) is 0.252. The van der Waals surface area contributed by atoms with Crippen LogP contribution < -0.4 is 11.2 Å². The van der Waals surface area contributed by atoms with Gasteiger partial charge in [-0.25, -0.2) is 13.9 Å². The van der Waals surface area contributed by atoms with Gasteiger partial charge in [-0.15, -0.1) is 0 Å². The zero-order chi connectivity index (χ0) is 23.0. The highest BCUT2D eigenvalue weighted by molar-refractivity contribution is 7.60. The van der Waals surface area contributed by atoms with E-state index < -0.39 is 57.5 Å². The number of benzene rings is 1. The lowest BCUT2D eigenvalue weighted by atomic mass is 9.94. The second kappa shape index (κ2) is 8.52. The van der Waals surface area contributed by atoms with Gasteiger partial charge in [0.2, 0.25) is 5.72 Å². The van der Waals surface area contributed by atoms with E-state index >= 15 is 0 Å². The third-order valence-electron chi connectivity index (χ3n) is 4.42. The van der Waals surface area contributed by atoms with Crippen molar-refractivity contribution >= 4 is 15.6 Å². The topological polar surface area (TPSA) is 218 Å². The number of ether oxygens (including phenoxy) is 1. The van der Waals surface area contributed by atoms with E-state index in [1.165, 1.54) is 12.1 Å². The molecule has 1 aliphatic heterocycles. The molecule has 0 saturated carbocycles. The number of nitrogens with one attached hydrogen (secondary N) is 1. The molecule has 1 aromatic carbocycles. The summed E-state index contributed by atoms with van der Waals surface area (Å²) in [7, 11) is -10.6. The van der Waals surface area contributed by atoms with Gasteiger partial charge in [0.15, 0.2) is 0 Å². The highest BCUT2D eigenvalue weighted by Gasteiger charge is 2.57. The largest absolute Gasteiger partial charge is 0.481 e. The van der Waals surface area contributed by atoms with Crippen LogP contribution in [0.1, 0.15) is 5.56 Å². The molecule has 0 amide bonds. The summed E-state index contributed by atoms with van der Waals surface area (Å²) in [6.07, 6.45) is -4.17. The standard InChI is InChI=1S/C15H18N2O12P2/c18-11-6-7-17(14(21)16-11)15(9-4-2-1-3-5-9)13(20)12(19)10(28-15)8-27-31(25,26)29-30(22,23)24/h1-7,10,12-13,19-20H,8H2,(H,25,26)(H,16,18,21)(H2,22,23,24)/t10-,12-,13-,15-/m1/s1. The average Bonchev–Trinajstić information content (AvgIpc) is 2.91. The highest BCUT2D eigenvalue weighted by Crippen LogP contribution is 2.57. The van der Waals surface area contributed by atoms with Crippen LogP contribution in [0.4, 0.5) is 0 Å². The van der Waals surface area contributed by atoms with Gasteiger partial charge < -0.3 is 29.6 Å². The summed E-state index contributed by atoms with van der Waals surface area (Å²) in [5, 5.41) is 21.3. The third-order valence-corrected chi connectivity index (χ3v) is 6.57. The predicted molar refractivity (Wildman–Crippen MR) is 101 cm³/mol. The Labute approximate surface area is 173 Å². The Hall–Kier alpha value is -1.96. The van der Waals surface area contributed by atoms with Crippen LogP contribution in [0.15, 0.2) is 52.2 Å². The Kier molecular flexibility index (Phi) is 6.52.